The molecule has 0 bridgehead atoms. The van der Waals surface area contributed by atoms with Crippen LogP contribution in [-0.2, 0) is 16.6 Å². The second-order valence-electron chi connectivity index (χ2n) is 5.41. The molecule has 108 valence electrons. The molecule has 0 saturated heterocycles. The molecule has 1 aliphatic rings. The molecule has 0 amide bonds. The molecule has 2 rings (SSSR count). The average molecular weight is 286 g/mol. The third-order valence-corrected chi connectivity index (χ3v) is 5.39. The van der Waals surface area contributed by atoms with Gasteiger partial charge in [-0.25, -0.2) is 13.1 Å². The van der Waals surface area contributed by atoms with E-state index in [1.807, 2.05) is 0 Å². The van der Waals surface area contributed by atoms with Crippen molar-refractivity contribution >= 4 is 10.0 Å². The van der Waals surface area contributed by atoms with E-state index in [0.29, 0.717) is 35.3 Å². The van der Waals surface area contributed by atoms with Crippen molar-refractivity contribution in [2.24, 2.45) is 11.7 Å². The Morgan fingerprint density at radius 2 is 2.05 bits per heavy atom. The molecule has 0 aliphatic heterocycles. The molecule has 1 fully saturated rings. The maximum absolute atomic E-state index is 12.4. The number of nitrogens with two attached hydrogens (primary N) is 1. The monoisotopic (exact) mass is 286 g/mol. The van der Waals surface area contributed by atoms with Crippen LogP contribution in [0.15, 0.2) is 4.90 Å². The molecule has 7 heteroatoms. The number of nitrogens with zero attached hydrogens (tertiary/aromatic N) is 2. The van der Waals surface area contributed by atoms with Gasteiger partial charge in [0.1, 0.15) is 4.90 Å². The second kappa shape index (κ2) is 5.22. The summed E-state index contributed by atoms with van der Waals surface area (Å²) in [6.45, 7) is 6.59. The average Bonchev–Trinajstić information content (AvgIpc) is 2.52. The van der Waals surface area contributed by atoms with Crippen LogP contribution < -0.4 is 10.5 Å². The molecular weight excluding hydrogens is 264 g/mol. The second-order valence-corrected chi connectivity index (χ2v) is 7.06. The van der Waals surface area contributed by atoms with Crippen molar-refractivity contribution in [3.8, 4) is 0 Å². The van der Waals surface area contributed by atoms with Crippen LogP contribution in [0.2, 0.25) is 0 Å². The lowest BCUT2D eigenvalue weighted by Crippen LogP contribution is -2.43. The quantitative estimate of drug-likeness (QED) is 0.826. The Labute approximate surface area is 114 Å². The lowest BCUT2D eigenvalue weighted by atomic mass is 9.83. The largest absolute Gasteiger partial charge is 0.329 e. The maximum Gasteiger partial charge on any atom is 0.244 e. The molecule has 19 heavy (non-hydrogen) atoms. The fraction of sp³-hybridized carbons (Fsp3) is 0.750. The third-order valence-electron chi connectivity index (χ3n) is 3.62. The molecule has 1 aromatic rings. The summed E-state index contributed by atoms with van der Waals surface area (Å²) >= 11 is 0. The Bertz CT molecular complexity index is 559. The van der Waals surface area contributed by atoms with Gasteiger partial charge >= 0.3 is 0 Å². The molecule has 1 aromatic heterocycles. The van der Waals surface area contributed by atoms with Crippen LogP contribution in [0, 0.1) is 19.8 Å². The molecule has 1 aliphatic carbocycles. The minimum atomic E-state index is -3.48. The Kier molecular flexibility index (Phi) is 3.98. The molecule has 0 spiro atoms. The van der Waals surface area contributed by atoms with E-state index < -0.39 is 10.0 Å². The van der Waals surface area contributed by atoms with Gasteiger partial charge in [0.05, 0.1) is 17.9 Å². The molecule has 1 heterocycles. The minimum Gasteiger partial charge on any atom is -0.329 e. The van der Waals surface area contributed by atoms with Crippen molar-refractivity contribution in [2.45, 2.75) is 51.1 Å². The maximum atomic E-state index is 12.4. The highest BCUT2D eigenvalue weighted by Crippen LogP contribution is 2.29. The highest BCUT2D eigenvalue weighted by molar-refractivity contribution is 7.89. The summed E-state index contributed by atoms with van der Waals surface area (Å²) in [6, 6.07) is 0.0664. The summed E-state index contributed by atoms with van der Waals surface area (Å²) in [5.41, 5.74) is 6.69. The van der Waals surface area contributed by atoms with Crippen molar-refractivity contribution in [1.29, 1.82) is 0 Å². The van der Waals surface area contributed by atoms with Crippen LogP contribution in [0.25, 0.3) is 0 Å². The van der Waals surface area contributed by atoms with Crippen molar-refractivity contribution in [3.05, 3.63) is 11.4 Å². The first-order chi connectivity index (χ1) is 8.85. The Morgan fingerprint density at radius 1 is 1.42 bits per heavy atom. The number of aromatic nitrogens is 2. The number of hydrogen-bond acceptors (Lipinski definition) is 4. The van der Waals surface area contributed by atoms with Crippen molar-refractivity contribution in [2.75, 3.05) is 6.54 Å². The standard InChI is InChI=1S/C12H22N4O2S/c1-8-6-11(7-8)15-19(17,18)12-9(2)14-16(5-4-13)10(12)3/h8,11,15H,4-7,13H2,1-3H3. The summed E-state index contributed by atoms with van der Waals surface area (Å²) < 4.78 is 29.2. The molecule has 0 radical (unpaired) electrons. The summed E-state index contributed by atoms with van der Waals surface area (Å²) in [4.78, 5) is 0.306. The van der Waals surface area contributed by atoms with Crippen LogP contribution in [0.3, 0.4) is 0 Å². The zero-order valence-electron chi connectivity index (χ0n) is 11.7. The number of sulfonamides is 1. The Hall–Kier alpha value is -0.920. The fourth-order valence-electron chi connectivity index (χ4n) is 2.69. The highest BCUT2D eigenvalue weighted by atomic mass is 32.2. The van der Waals surface area contributed by atoms with E-state index in [4.69, 9.17) is 5.73 Å². The number of rotatable bonds is 5. The van der Waals surface area contributed by atoms with E-state index in [2.05, 4.69) is 16.7 Å². The van der Waals surface area contributed by atoms with E-state index >= 15 is 0 Å². The van der Waals surface area contributed by atoms with Gasteiger partial charge < -0.3 is 5.73 Å². The van der Waals surface area contributed by atoms with Gasteiger partial charge in [-0.1, -0.05) is 6.92 Å². The topological polar surface area (TPSA) is 90.0 Å². The first-order valence-electron chi connectivity index (χ1n) is 6.61. The fourth-order valence-corrected chi connectivity index (χ4v) is 4.36. The van der Waals surface area contributed by atoms with E-state index in [1.54, 1.807) is 18.5 Å². The van der Waals surface area contributed by atoms with Crippen molar-refractivity contribution in [3.63, 3.8) is 0 Å². The Morgan fingerprint density at radius 3 is 2.58 bits per heavy atom. The summed E-state index contributed by atoms with van der Waals surface area (Å²) in [6.07, 6.45) is 1.82. The smallest absolute Gasteiger partial charge is 0.244 e. The first-order valence-corrected chi connectivity index (χ1v) is 8.10. The zero-order valence-corrected chi connectivity index (χ0v) is 12.5. The number of hydrogen-bond donors (Lipinski definition) is 2. The molecular formula is C12H22N4O2S. The van der Waals surface area contributed by atoms with E-state index in [-0.39, 0.29) is 6.04 Å². The van der Waals surface area contributed by atoms with Gasteiger partial charge in [-0.3, -0.25) is 4.68 Å². The normalized spacial score (nSPS) is 23.4. The SMILES string of the molecule is Cc1nn(CCN)c(C)c1S(=O)(=O)NC1CC(C)C1. The molecule has 0 aromatic carbocycles. The zero-order chi connectivity index (χ0) is 14.2. The summed E-state index contributed by atoms with van der Waals surface area (Å²) in [5.74, 6) is 0.606. The Balaban J connectivity index is 2.24. The highest BCUT2D eigenvalue weighted by Gasteiger charge is 2.32. The van der Waals surface area contributed by atoms with Crippen molar-refractivity contribution < 1.29 is 8.42 Å². The van der Waals surface area contributed by atoms with E-state index in [0.717, 1.165) is 12.8 Å². The van der Waals surface area contributed by atoms with E-state index in [9.17, 15) is 8.42 Å². The predicted molar refractivity (Wildman–Crippen MR) is 73.3 cm³/mol. The van der Waals surface area contributed by atoms with Gasteiger partial charge in [-0.15, -0.1) is 0 Å². The van der Waals surface area contributed by atoms with Crippen LogP contribution >= 0.6 is 0 Å². The minimum absolute atomic E-state index is 0.0664. The van der Waals surface area contributed by atoms with Crippen LogP contribution in [0.5, 0.6) is 0 Å². The number of aryl methyl sites for hydroxylation is 1. The molecule has 0 atom stereocenters. The lowest BCUT2D eigenvalue weighted by Gasteiger charge is -2.32. The van der Waals surface area contributed by atoms with Gasteiger partial charge in [0.2, 0.25) is 10.0 Å². The lowest BCUT2D eigenvalue weighted by molar-refractivity contribution is 0.270. The van der Waals surface area contributed by atoms with Crippen LogP contribution in [-0.4, -0.2) is 30.8 Å². The third kappa shape index (κ3) is 2.82. The number of nitrogens with one attached hydrogen (secondary N) is 1. The van der Waals surface area contributed by atoms with E-state index in [1.165, 1.54) is 0 Å². The molecule has 0 unspecified atom stereocenters. The molecule has 1 saturated carbocycles. The predicted octanol–water partition coefficient (Wildman–Crippen LogP) is 0.535. The molecule has 6 nitrogen and oxygen atoms in total. The van der Waals surface area contributed by atoms with Crippen molar-refractivity contribution in [1.82, 2.24) is 14.5 Å². The first kappa shape index (κ1) is 14.5. The molecule has 3 N–H and O–H groups in total. The van der Waals surface area contributed by atoms with Crippen LogP contribution in [0.4, 0.5) is 0 Å². The van der Waals surface area contributed by atoms with Gasteiger partial charge in [-0.2, -0.15) is 5.10 Å². The summed E-state index contributed by atoms with van der Waals surface area (Å²) in [7, 11) is -3.48. The van der Waals surface area contributed by atoms with Gasteiger partial charge in [-0.05, 0) is 32.6 Å². The van der Waals surface area contributed by atoms with Crippen LogP contribution in [0.1, 0.15) is 31.2 Å². The summed E-state index contributed by atoms with van der Waals surface area (Å²) in [5, 5.41) is 4.25. The van der Waals surface area contributed by atoms with Gasteiger partial charge in [0.15, 0.2) is 0 Å². The van der Waals surface area contributed by atoms with Gasteiger partial charge in [0, 0.05) is 12.6 Å². The van der Waals surface area contributed by atoms with Gasteiger partial charge in [0.25, 0.3) is 0 Å².